The Kier molecular flexibility index (Phi) is 4.29. The molecule has 4 rings (SSSR count). The molecule has 2 N–H and O–H groups in total. The van der Waals surface area contributed by atoms with Gasteiger partial charge in [-0.05, 0) is 40.3 Å². The maximum atomic E-state index is 13.1. The monoisotopic (exact) mass is 362 g/mol. The summed E-state index contributed by atoms with van der Waals surface area (Å²) in [6.45, 7) is 4.04. The van der Waals surface area contributed by atoms with Crippen molar-refractivity contribution in [1.29, 1.82) is 0 Å². The molecule has 1 aromatic heterocycles. The fraction of sp³-hybridized carbons (Fsp3) is 0.158. The number of nitrogens with zero attached hydrogens (tertiary/aromatic N) is 4. The normalized spacial score (nSPS) is 18.3. The molecule has 0 bridgehead atoms. The van der Waals surface area contributed by atoms with Gasteiger partial charge in [0.1, 0.15) is 11.7 Å². The Bertz CT molecular complexity index is 967. The number of rotatable bonds is 4. The van der Waals surface area contributed by atoms with Crippen molar-refractivity contribution in [2.75, 3.05) is 17.7 Å². The zero-order valence-electron chi connectivity index (χ0n) is 14.7. The van der Waals surface area contributed by atoms with E-state index in [0.717, 1.165) is 11.3 Å². The number of para-hydroxylation sites is 1. The number of amides is 1. The minimum atomic E-state index is -0.602. The second kappa shape index (κ2) is 6.91. The molecule has 8 nitrogen and oxygen atoms in total. The van der Waals surface area contributed by atoms with Crippen LogP contribution < -0.4 is 15.4 Å². The van der Waals surface area contributed by atoms with Gasteiger partial charge in [0.15, 0.2) is 0 Å². The SMILES string of the molecule is C=C1Nc2nnnn2C(c2ccc(OC)cc2)C1C(=O)Nc1ccccc1. The predicted molar refractivity (Wildman–Crippen MR) is 100 cm³/mol. The van der Waals surface area contributed by atoms with Crippen LogP contribution in [-0.2, 0) is 4.79 Å². The summed E-state index contributed by atoms with van der Waals surface area (Å²) in [7, 11) is 1.61. The van der Waals surface area contributed by atoms with Gasteiger partial charge in [-0.15, -0.1) is 0 Å². The van der Waals surface area contributed by atoms with Gasteiger partial charge >= 0.3 is 0 Å². The Morgan fingerprint density at radius 3 is 2.63 bits per heavy atom. The Morgan fingerprint density at radius 1 is 1.19 bits per heavy atom. The number of benzene rings is 2. The molecule has 0 fully saturated rings. The van der Waals surface area contributed by atoms with Crippen molar-refractivity contribution in [3.8, 4) is 5.75 Å². The van der Waals surface area contributed by atoms with Crippen molar-refractivity contribution < 1.29 is 9.53 Å². The van der Waals surface area contributed by atoms with Gasteiger partial charge in [-0.1, -0.05) is 42.0 Å². The average Bonchev–Trinajstić information content (AvgIpc) is 3.15. The highest BCUT2D eigenvalue weighted by molar-refractivity contribution is 5.95. The first kappa shape index (κ1) is 16.8. The lowest BCUT2D eigenvalue weighted by Crippen LogP contribution is -2.39. The highest BCUT2D eigenvalue weighted by Gasteiger charge is 2.40. The van der Waals surface area contributed by atoms with E-state index in [-0.39, 0.29) is 5.91 Å². The van der Waals surface area contributed by atoms with Gasteiger partial charge in [0.05, 0.1) is 13.2 Å². The Labute approximate surface area is 155 Å². The molecule has 0 spiro atoms. The molecule has 1 amide bonds. The number of methoxy groups -OCH3 is 1. The van der Waals surface area contributed by atoms with Gasteiger partial charge in [-0.3, -0.25) is 4.79 Å². The van der Waals surface area contributed by atoms with Crippen molar-refractivity contribution >= 4 is 17.5 Å². The molecule has 2 heterocycles. The van der Waals surface area contributed by atoms with Crippen LogP contribution in [0.4, 0.5) is 11.6 Å². The molecule has 3 aromatic rings. The molecule has 0 radical (unpaired) electrons. The number of hydrogen-bond donors (Lipinski definition) is 2. The molecule has 2 atom stereocenters. The Morgan fingerprint density at radius 2 is 1.93 bits per heavy atom. The molecular weight excluding hydrogens is 344 g/mol. The zero-order valence-corrected chi connectivity index (χ0v) is 14.7. The molecule has 0 saturated carbocycles. The van der Waals surface area contributed by atoms with Crippen LogP contribution in [0.15, 0.2) is 66.9 Å². The fourth-order valence-electron chi connectivity index (χ4n) is 3.19. The van der Waals surface area contributed by atoms with E-state index in [0.29, 0.717) is 17.3 Å². The van der Waals surface area contributed by atoms with Crippen molar-refractivity contribution in [1.82, 2.24) is 20.2 Å². The average molecular weight is 362 g/mol. The van der Waals surface area contributed by atoms with E-state index < -0.39 is 12.0 Å². The lowest BCUT2D eigenvalue weighted by Gasteiger charge is -2.33. The van der Waals surface area contributed by atoms with Gasteiger partial charge in [0, 0.05) is 11.4 Å². The zero-order chi connectivity index (χ0) is 18.8. The van der Waals surface area contributed by atoms with Gasteiger partial charge < -0.3 is 15.4 Å². The number of hydrogen-bond acceptors (Lipinski definition) is 6. The lowest BCUT2D eigenvalue weighted by atomic mass is 9.88. The summed E-state index contributed by atoms with van der Waals surface area (Å²) < 4.78 is 6.83. The van der Waals surface area contributed by atoms with Gasteiger partial charge in [-0.2, -0.15) is 0 Å². The number of fused-ring (bicyclic) bond motifs is 1. The summed E-state index contributed by atoms with van der Waals surface area (Å²) in [5.41, 5.74) is 2.12. The second-order valence-electron chi connectivity index (χ2n) is 6.15. The molecule has 0 saturated heterocycles. The van der Waals surface area contributed by atoms with Crippen molar-refractivity contribution in [3.63, 3.8) is 0 Å². The van der Waals surface area contributed by atoms with Crippen LogP contribution in [0.5, 0.6) is 5.75 Å². The number of aromatic nitrogens is 4. The van der Waals surface area contributed by atoms with E-state index in [9.17, 15) is 4.79 Å². The van der Waals surface area contributed by atoms with Gasteiger partial charge in [0.2, 0.25) is 11.9 Å². The van der Waals surface area contributed by atoms with E-state index in [2.05, 4.69) is 32.7 Å². The maximum Gasteiger partial charge on any atom is 0.247 e. The van der Waals surface area contributed by atoms with Gasteiger partial charge in [0.25, 0.3) is 0 Å². The van der Waals surface area contributed by atoms with Crippen molar-refractivity contribution in [3.05, 3.63) is 72.4 Å². The van der Waals surface area contributed by atoms with E-state index in [1.807, 2.05) is 54.6 Å². The van der Waals surface area contributed by atoms with Crippen molar-refractivity contribution in [2.24, 2.45) is 5.92 Å². The van der Waals surface area contributed by atoms with Crippen LogP contribution in [0, 0.1) is 5.92 Å². The van der Waals surface area contributed by atoms with Gasteiger partial charge in [-0.25, -0.2) is 4.68 Å². The molecule has 0 aliphatic carbocycles. The van der Waals surface area contributed by atoms with E-state index >= 15 is 0 Å². The third kappa shape index (κ3) is 3.12. The van der Waals surface area contributed by atoms with Crippen LogP contribution in [0.2, 0.25) is 0 Å². The largest absolute Gasteiger partial charge is 0.497 e. The van der Waals surface area contributed by atoms with E-state index in [4.69, 9.17) is 4.74 Å². The van der Waals surface area contributed by atoms with E-state index in [1.54, 1.807) is 11.8 Å². The first-order chi connectivity index (χ1) is 13.2. The lowest BCUT2D eigenvalue weighted by molar-refractivity contribution is -0.119. The number of carbonyl (C=O) groups excluding carboxylic acids is 1. The minimum absolute atomic E-state index is 0.194. The first-order valence-electron chi connectivity index (χ1n) is 8.41. The highest BCUT2D eigenvalue weighted by atomic mass is 16.5. The summed E-state index contributed by atoms with van der Waals surface area (Å²) in [6, 6.07) is 16.3. The molecule has 1 aliphatic rings. The third-order valence-electron chi connectivity index (χ3n) is 4.50. The maximum absolute atomic E-state index is 13.1. The number of tetrazole rings is 1. The molecule has 136 valence electrons. The van der Waals surface area contributed by atoms with Crippen LogP contribution >= 0.6 is 0 Å². The summed E-state index contributed by atoms with van der Waals surface area (Å²) >= 11 is 0. The second-order valence-corrected chi connectivity index (χ2v) is 6.15. The standard InChI is InChI=1S/C19H18N6O2/c1-12-16(18(26)21-14-6-4-3-5-7-14)17(25-19(20-12)22-23-24-25)13-8-10-15(27-2)11-9-13/h3-11,16-17H,1H2,2H3,(H,21,26)(H,20,22,24). The smallest absolute Gasteiger partial charge is 0.247 e. The number of anilines is 2. The van der Waals surface area contributed by atoms with Crippen molar-refractivity contribution in [2.45, 2.75) is 6.04 Å². The molecule has 27 heavy (non-hydrogen) atoms. The third-order valence-corrected chi connectivity index (χ3v) is 4.50. The number of carbonyl (C=O) groups is 1. The van der Waals surface area contributed by atoms with Crippen LogP contribution in [0.1, 0.15) is 11.6 Å². The summed E-state index contributed by atoms with van der Waals surface area (Å²) in [5, 5.41) is 17.7. The van der Waals surface area contributed by atoms with Crippen LogP contribution in [0.25, 0.3) is 0 Å². The molecule has 8 heteroatoms. The van der Waals surface area contributed by atoms with Crippen LogP contribution in [0.3, 0.4) is 0 Å². The van der Waals surface area contributed by atoms with Crippen LogP contribution in [-0.4, -0.2) is 33.2 Å². The van der Waals surface area contributed by atoms with E-state index in [1.165, 1.54) is 0 Å². The molecule has 2 unspecified atom stereocenters. The minimum Gasteiger partial charge on any atom is -0.497 e. The summed E-state index contributed by atoms with van der Waals surface area (Å²) in [5.74, 6) is 0.383. The molecular formula is C19H18N6O2. The fourth-order valence-corrected chi connectivity index (χ4v) is 3.19. The Balaban J connectivity index is 1.73. The number of nitrogens with one attached hydrogen (secondary N) is 2. The number of ether oxygens (including phenoxy) is 1. The highest BCUT2D eigenvalue weighted by Crippen LogP contribution is 2.37. The predicted octanol–water partition coefficient (Wildman–Crippen LogP) is 2.47. The molecule has 1 aliphatic heterocycles. The summed E-state index contributed by atoms with van der Waals surface area (Å²) in [6.07, 6.45) is 0. The Hall–Kier alpha value is -3.68. The topological polar surface area (TPSA) is 94.0 Å². The molecule has 2 aromatic carbocycles. The quantitative estimate of drug-likeness (QED) is 0.740. The first-order valence-corrected chi connectivity index (χ1v) is 8.41. The summed E-state index contributed by atoms with van der Waals surface area (Å²) in [4.78, 5) is 13.1.